The lowest BCUT2D eigenvalue weighted by Gasteiger charge is -2.07. The van der Waals surface area contributed by atoms with Gasteiger partial charge in [-0.15, -0.1) is 11.3 Å². The molecule has 3 heterocycles. The molecule has 1 aliphatic rings. The molecule has 3 aromatic heterocycles. The fraction of sp³-hybridized carbons (Fsp3) is 0.235. The van der Waals surface area contributed by atoms with Gasteiger partial charge in [-0.3, -0.25) is 14.4 Å². The number of aromatic nitrogens is 3. The van der Waals surface area contributed by atoms with Gasteiger partial charge in [-0.2, -0.15) is 0 Å². The molecule has 132 valence electrons. The molecule has 0 fully saturated rings. The molecule has 0 bridgehead atoms. The minimum Gasteiger partial charge on any atom is -0.352 e. The van der Waals surface area contributed by atoms with Crippen LogP contribution in [-0.4, -0.2) is 38.7 Å². The summed E-state index contributed by atoms with van der Waals surface area (Å²) >= 11 is 1.02. The smallest absolute Gasteiger partial charge is 0.261 e. The summed E-state index contributed by atoms with van der Waals surface area (Å²) in [7, 11) is 0. The van der Waals surface area contributed by atoms with Gasteiger partial charge in [0, 0.05) is 31.0 Å². The van der Waals surface area contributed by atoms with E-state index in [1.54, 1.807) is 19.4 Å². The second kappa shape index (κ2) is 6.34. The standard InChI is InChI=1S/C17H14N4O4S/c1-9-12-14(23)16-10(13(22)15(12)25-20-9)7-11(26-16)17(24)19-3-2-5-21-6-4-18-8-21/h4,6-8H,2-3,5H2,1H3,(H,19,24). The van der Waals surface area contributed by atoms with Gasteiger partial charge in [-0.25, -0.2) is 4.98 Å². The molecule has 0 saturated heterocycles. The maximum absolute atomic E-state index is 12.6. The molecule has 1 aliphatic carbocycles. The van der Waals surface area contributed by atoms with Crippen molar-refractivity contribution in [1.29, 1.82) is 0 Å². The highest BCUT2D eigenvalue weighted by molar-refractivity contribution is 7.16. The van der Waals surface area contributed by atoms with Crippen LogP contribution in [0.5, 0.6) is 0 Å². The summed E-state index contributed by atoms with van der Waals surface area (Å²) in [5.41, 5.74) is 0.770. The average Bonchev–Trinajstić information content (AvgIpc) is 3.36. The topological polar surface area (TPSA) is 107 Å². The summed E-state index contributed by atoms with van der Waals surface area (Å²) in [5, 5.41) is 6.50. The van der Waals surface area contributed by atoms with Gasteiger partial charge < -0.3 is 14.4 Å². The molecule has 0 atom stereocenters. The van der Waals surface area contributed by atoms with Crippen molar-refractivity contribution in [3.63, 3.8) is 0 Å². The van der Waals surface area contributed by atoms with Crippen molar-refractivity contribution < 1.29 is 18.9 Å². The Morgan fingerprint density at radius 1 is 1.35 bits per heavy atom. The lowest BCUT2D eigenvalue weighted by Crippen LogP contribution is -2.24. The average molecular weight is 370 g/mol. The summed E-state index contributed by atoms with van der Waals surface area (Å²) in [6.07, 6.45) is 6.01. The van der Waals surface area contributed by atoms with Crippen molar-refractivity contribution in [2.45, 2.75) is 19.9 Å². The first kappa shape index (κ1) is 16.4. The van der Waals surface area contributed by atoms with Crippen molar-refractivity contribution in [3.8, 4) is 0 Å². The molecule has 9 heteroatoms. The van der Waals surface area contributed by atoms with E-state index in [-0.39, 0.29) is 33.5 Å². The van der Waals surface area contributed by atoms with E-state index in [0.29, 0.717) is 17.1 Å². The van der Waals surface area contributed by atoms with E-state index in [1.165, 1.54) is 6.07 Å². The number of rotatable bonds is 5. The number of imidazole rings is 1. The SMILES string of the molecule is Cc1noc2c1C(=O)c1sc(C(=O)NCCCn3ccnc3)cc1C2=O. The van der Waals surface area contributed by atoms with Crippen LogP contribution in [0.15, 0.2) is 29.3 Å². The second-order valence-electron chi connectivity index (χ2n) is 5.89. The van der Waals surface area contributed by atoms with E-state index in [9.17, 15) is 14.4 Å². The van der Waals surface area contributed by atoms with Crippen molar-refractivity contribution in [2.75, 3.05) is 6.54 Å². The Labute approximate surface area is 151 Å². The van der Waals surface area contributed by atoms with Crippen LogP contribution >= 0.6 is 11.3 Å². The minimum atomic E-state index is -0.411. The van der Waals surface area contributed by atoms with Crippen LogP contribution in [0, 0.1) is 6.92 Å². The van der Waals surface area contributed by atoms with Gasteiger partial charge in [0.25, 0.3) is 5.91 Å². The van der Waals surface area contributed by atoms with Gasteiger partial charge in [0.05, 0.1) is 27.3 Å². The molecule has 0 spiro atoms. The van der Waals surface area contributed by atoms with Crippen LogP contribution in [0.4, 0.5) is 0 Å². The first-order valence-corrected chi connectivity index (χ1v) is 8.81. The number of amides is 1. The first-order chi connectivity index (χ1) is 12.6. The van der Waals surface area contributed by atoms with Crippen LogP contribution in [0.1, 0.15) is 53.1 Å². The molecule has 3 aromatic rings. The monoisotopic (exact) mass is 370 g/mol. The van der Waals surface area contributed by atoms with Crippen LogP contribution in [-0.2, 0) is 6.54 Å². The van der Waals surface area contributed by atoms with Gasteiger partial charge >= 0.3 is 0 Å². The Morgan fingerprint density at radius 3 is 2.96 bits per heavy atom. The van der Waals surface area contributed by atoms with Crippen molar-refractivity contribution in [3.05, 3.63) is 57.1 Å². The maximum atomic E-state index is 12.6. The third-order valence-electron chi connectivity index (χ3n) is 4.14. The number of ketones is 2. The molecule has 26 heavy (non-hydrogen) atoms. The Bertz CT molecular complexity index is 1020. The number of carbonyl (C=O) groups is 3. The first-order valence-electron chi connectivity index (χ1n) is 7.99. The van der Waals surface area contributed by atoms with E-state index in [1.807, 2.05) is 10.8 Å². The van der Waals surface area contributed by atoms with Gasteiger partial charge in [-0.05, 0) is 19.4 Å². The fourth-order valence-corrected chi connectivity index (χ4v) is 3.86. The summed E-state index contributed by atoms with van der Waals surface area (Å²) in [6, 6.07) is 1.45. The molecular formula is C17H14N4O4S. The number of nitrogens with one attached hydrogen (secondary N) is 1. The van der Waals surface area contributed by atoms with Crippen LogP contribution in [0.25, 0.3) is 0 Å². The van der Waals surface area contributed by atoms with Crippen molar-refractivity contribution in [2.24, 2.45) is 0 Å². The molecule has 1 amide bonds. The Morgan fingerprint density at radius 2 is 2.19 bits per heavy atom. The second-order valence-corrected chi connectivity index (χ2v) is 6.95. The van der Waals surface area contributed by atoms with Crippen LogP contribution in [0.3, 0.4) is 0 Å². The number of fused-ring (bicyclic) bond motifs is 2. The molecule has 0 radical (unpaired) electrons. The van der Waals surface area contributed by atoms with Gasteiger partial charge in [0.2, 0.25) is 17.3 Å². The maximum Gasteiger partial charge on any atom is 0.261 e. The highest BCUT2D eigenvalue weighted by Crippen LogP contribution is 2.34. The zero-order valence-electron chi connectivity index (χ0n) is 13.8. The van der Waals surface area contributed by atoms with Crippen LogP contribution in [0.2, 0.25) is 0 Å². The zero-order valence-corrected chi connectivity index (χ0v) is 14.6. The van der Waals surface area contributed by atoms with E-state index in [0.717, 1.165) is 24.3 Å². The Kier molecular flexibility index (Phi) is 4.00. The largest absolute Gasteiger partial charge is 0.352 e. The van der Waals surface area contributed by atoms with E-state index in [4.69, 9.17) is 4.52 Å². The summed E-state index contributed by atoms with van der Waals surface area (Å²) in [6.45, 7) is 2.83. The highest BCUT2D eigenvalue weighted by Gasteiger charge is 2.37. The summed E-state index contributed by atoms with van der Waals surface area (Å²) in [5.74, 6) is -1.09. The third kappa shape index (κ3) is 2.66. The fourth-order valence-electron chi connectivity index (χ4n) is 2.84. The summed E-state index contributed by atoms with van der Waals surface area (Å²) < 4.78 is 6.91. The Balaban J connectivity index is 1.47. The van der Waals surface area contributed by atoms with E-state index < -0.39 is 5.78 Å². The molecule has 0 aliphatic heterocycles. The van der Waals surface area contributed by atoms with E-state index in [2.05, 4.69) is 15.5 Å². The predicted molar refractivity (Wildman–Crippen MR) is 91.6 cm³/mol. The number of aryl methyl sites for hydroxylation is 2. The highest BCUT2D eigenvalue weighted by atomic mass is 32.1. The molecule has 8 nitrogen and oxygen atoms in total. The van der Waals surface area contributed by atoms with Gasteiger partial charge in [0.1, 0.15) is 0 Å². The number of thiophene rings is 1. The lowest BCUT2D eigenvalue weighted by molar-refractivity contribution is 0.0954. The number of carbonyl (C=O) groups excluding carboxylic acids is 3. The summed E-state index contributed by atoms with van der Waals surface area (Å²) in [4.78, 5) is 41.9. The molecule has 0 saturated carbocycles. The molecule has 0 aromatic carbocycles. The normalized spacial score (nSPS) is 12.8. The third-order valence-corrected chi connectivity index (χ3v) is 5.27. The quantitative estimate of drug-likeness (QED) is 0.537. The van der Waals surface area contributed by atoms with E-state index >= 15 is 0 Å². The Hall–Kier alpha value is -3.07. The lowest BCUT2D eigenvalue weighted by atomic mass is 9.93. The molecule has 0 unspecified atom stereocenters. The molecule has 4 rings (SSSR count). The zero-order chi connectivity index (χ0) is 18.3. The number of hydrogen-bond donors (Lipinski definition) is 1. The number of nitrogens with zero attached hydrogens (tertiary/aromatic N) is 3. The predicted octanol–water partition coefficient (Wildman–Crippen LogP) is 1.84. The van der Waals surface area contributed by atoms with Crippen molar-refractivity contribution in [1.82, 2.24) is 20.0 Å². The van der Waals surface area contributed by atoms with Crippen molar-refractivity contribution >= 4 is 28.8 Å². The number of hydrogen-bond acceptors (Lipinski definition) is 7. The molecule has 1 N–H and O–H groups in total. The minimum absolute atomic E-state index is 0.0508. The van der Waals surface area contributed by atoms with Gasteiger partial charge in [0.15, 0.2) is 0 Å². The molecular weight excluding hydrogens is 356 g/mol. The van der Waals surface area contributed by atoms with Crippen LogP contribution < -0.4 is 5.32 Å². The van der Waals surface area contributed by atoms with Gasteiger partial charge in [-0.1, -0.05) is 5.16 Å².